The highest BCUT2D eigenvalue weighted by Gasteiger charge is 2.64. The van der Waals surface area contributed by atoms with Crippen LogP contribution in [0.15, 0.2) is 54.1 Å². The number of nitrogens with zero attached hydrogens (tertiary/aromatic N) is 2. The molecule has 3 aliphatic heterocycles. The molecule has 4 bridgehead atoms. The Labute approximate surface area is 482 Å². The van der Waals surface area contributed by atoms with E-state index in [-0.39, 0.29) is 84.9 Å². The zero-order valence-corrected chi connectivity index (χ0v) is 48.9. The van der Waals surface area contributed by atoms with Crippen LogP contribution in [0.5, 0.6) is 5.75 Å². The van der Waals surface area contributed by atoms with E-state index in [0.717, 1.165) is 29.5 Å². The van der Waals surface area contributed by atoms with Crippen LogP contribution in [0.4, 0.5) is 10.5 Å². The summed E-state index contributed by atoms with van der Waals surface area (Å²) in [6, 6.07) is 7.35. The number of epoxide rings is 1. The maximum absolute atomic E-state index is 14.4. The highest BCUT2D eigenvalue weighted by Crippen LogP contribution is 2.49. The third-order valence-corrected chi connectivity index (χ3v) is 17.2. The molecule has 2 aromatic rings. The summed E-state index contributed by atoms with van der Waals surface area (Å²) < 4.78 is 29.4. The number of aliphatic hydroxyl groups is 1. The fraction of sp³-hybridized carbons (Fsp3) is 0.569. The Hall–Kier alpha value is -6.33. The van der Waals surface area contributed by atoms with E-state index in [1.54, 1.807) is 63.4 Å². The number of carbonyl (C=O) groups is 9. The number of methoxy groups -OCH3 is 2. The molecule has 0 radical (unpaired) electrons. The standard InChI is InChI=1S/C58H77ClN6O15S/c1-34-10-9-11-46(77-8)58(75)29-45(78-56(74)63-58)35(2)53-57(4,80-53)47(28-51(71)65(6)43-26-39(24-34)27-44(76-7)52(43)59)79-55(73)36(3)64(5)50(70)20-23-81-33-49(69)60-21-22-61-54(72)40-16-13-38(14-17-40)30-62-48(68)19-15-37-12-18-41(31-66)42(25-37)32-67/h9-12,18,25-27,31-32,35-36,38,40,45-47,53,75H,13-17,19-24,28-30,33H2,1-8H3,(H,60,69)(H,61,72)(H,62,68)(H,63,74)/b11-9+,34-10+/t35?,36-,38?,40?,45?,46?,47-,53?,57?,58?/m0/s1. The van der Waals surface area contributed by atoms with Crippen LogP contribution in [0.2, 0.25) is 5.02 Å². The Balaban J connectivity index is 0.957. The third kappa shape index (κ3) is 16.9. The van der Waals surface area contributed by atoms with Crippen molar-refractivity contribution in [3.63, 3.8) is 0 Å². The molecule has 23 heteroatoms. The van der Waals surface area contributed by atoms with E-state index in [2.05, 4.69) is 21.3 Å². The molecule has 1 aliphatic carbocycles. The molecule has 2 aromatic carbocycles. The number of anilines is 1. The predicted molar refractivity (Wildman–Crippen MR) is 303 cm³/mol. The van der Waals surface area contributed by atoms with Crippen molar-refractivity contribution in [1.82, 2.24) is 26.2 Å². The summed E-state index contributed by atoms with van der Waals surface area (Å²) in [5, 5.41) is 23.2. The second-order valence-corrected chi connectivity index (χ2v) is 23.1. The predicted octanol–water partition coefficient (Wildman–Crippen LogP) is 5.05. The van der Waals surface area contributed by atoms with Gasteiger partial charge in [-0.05, 0) is 94.5 Å². The van der Waals surface area contributed by atoms with E-state index in [9.17, 15) is 48.3 Å². The number of benzene rings is 2. The van der Waals surface area contributed by atoms with E-state index in [4.69, 9.17) is 35.3 Å². The van der Waals surface area contributed by atoms with Gasteiger partial charge in [0.2, 0.25) is 29.5 Å². The summed E-state index contributed by atoms with van der Waals surface area (Å²) in [5.74, 6) is -2.03. The van der Waals surface area contributed by atoms with Gasteiger partial charge in [0, 0.05) is 88.8 Å². The van der Waals surface area contributed by atoms with Crippen molar-refractivity contribution in [2.75, 3.05) is 64.4 Å². The monoisotopic (exact) mass is 1160 g/mol. The van der Waals surface area contributed by atoms with Crippen molar-refractivity contribution in [1.29, 1.82) is 0 Å². The minimum absolute atomic E-state index is 0.00718. The molecule has 81 heavy (non-hydrogen) atoms. The van der Waals surface area contributed by atoms with Gasteiger partial charge in [-0.25, -0.2) is 9.59 Å². The van der Waals surface area contributed by atoms with Crippen LogP contribution < -0.4 is 30.9 Å². The number of likely N-dealkylation sites (N-methyl/N-ethyl adjacent to an activating group) is 1. The summed E-state index contributed by atoms with van der Waals surface area (Å²) >= 11 is 8.05. The van der Waals surface area contributed by atoms with Crippen LogP contribution in [0.3, 0.4) is 0 Å². The van der Waals surface area contributed by atoms with Crippen molar-refractivity contribution in [2.45, 2.75) is 134 Å². The number of hydrogen-bond acceptors (Lipinski definition) is 16. The molecular weight excluding hydrogens is 1090 g/mol. The molecule has 21 nitrogen and oxygen atoms in total. The van der Waals surface area contributed by atoms with Crippen LogP contribution in [-0.4, -0.2) is 165 Å². The molecule has 8 atom stereocenters. The Bertz CT molecular complexity index is 2720. The highest BCUT2D eigenvalue weighted by atomic mass is 35.5. The Morgan fingerprint density at radius 1 is 1.00 bits per heavy atom. The van der Waals surface area contributed by atoms with Crippen LogP contribution in [-0.2, 0) is 60.6 Å². The van der Waals surface area contributed by atoms with Gasteiger partial charge in [0.05, 0.1) is 31.1 Å². The number of nitrogens with one attached hydrogen (secondary N) is 4. The number of aldehydes is 2. The van der Waals surface area contributed by atoms with Gasteiger partial charge in [-0.15, -0.1) is 0 Å². The van der Waals surface area contributed by atoms with Crippen molar-refractivity contribution in [3.8, 4) is 5.75 Å². The largest absolute Gasteiger partial charge is 0.495 e. The van der Waals surface area contributed by atoms with Crippen LogP contribution in [0, 0.1) is 17.8 Å². The first-order valence-electron chi connectivity index (χ1n) is 27.3. The number of aryl methyl sites for hydroxylation is 1. The lowest BCUT2D eigenvalue weighted by atomic mass is 9.81. The molecule has 6 rings (SSSR count). The average Bonchev–Trinajstić information content (AvgIpc) is 3.49. The molecular formula is C58H77ClN6O15S. The number of amides is 6. The molecule has 0 aromatic heterocycles. The van der Waals surface area contributed by atoms with Crippen molar-refractivity contribution in [3.05, 3.63) is 81.4 Å². The van der Waals surface area contributed by atoms with Gasteiger partial charge in [0.25, 0.3) is 0 Å². The third-order valence-electron chi connectivity index (χ3n) is 15.8. The van der Waals surface area contributed by atoms with Crippen molar-refractivity contribution >= 4 is 83.2 Å². The lowest BCUT2D eigenvalue weighted by molar-refractivity contribution is -0.162. The molecule has 6 amide bonds. The molecule has 3 heterocycles. The first kappa shape index (κ1) is 63.8. The summed E-state index contributed by atoms with van der Waals surface area (Å²) in [5.41, 5.74) is 0.230. The molecule has 3 fully saturated rings. The van der Waals surface area contributed by atoms with Gasteiger partial charge in [-0.2, -0.15) is 11.8 Å². The minimum atomic E-state index is -1.88. The molecule has 0 spiro atoms. The molecule has 5 N–H and O–H groups in total. The molecule has 6 unspecified atom stereocenters. The number of esters is 1. The van der Waals surface area contributed by atoms with E-state index in [1.165, 1.54) is 49.8 Å². The van der Waals surface area contributed by atoms with Crippen LogP contribution >= 0.6 is 23.4 Å². The number of allylic oxidation sites excluding steroid dienone is 3. The van der Waals surface area contributed by atoms with Gasteiger partial charge in [0.1, 0.15) is 40.7 Å². The number of rotatable bonds is 21. The van der Waals surface area contributed by atoms with Gasteiger partial charge in [-0.1, -0.05) is 54.5 Å². The smallest absolute Gasteiger partial charge is 0.409 e. The molecule has 1 saturated carbocycles. The average molecular weight is 1170 g/mol. The Morgan fingerprint density at radius 3 is 2.41 bits per heavy atom. The maximum atomic E-state index is 14.4. The topological polar surface area (TPSA) is 278 Å². The van der Waals surface area contributed by atoms with E-state index >= 15 is 0 Å². The number of hydrogen-bond donors (Lipinski definition) is 5. The van der Waals surface area contributed by atoms with Crippen LogP contribution in [0.25, 0.3) is 0 Å². The fourth-order valence-electron chi connectivity index (χ4n) is 10.5. The number of thioether (sulfide) groups is 1. The Morgan fingerprint density at radius 2 is 1.72 bits per heavy atom. The summed E-state index contributed by atoms with van der Waals surface area (Å²) in [6.07, 6.45) is 5.25. The zero-order chi connectivity index (χ0) is 59.2. The first-order valence-corrected chi connectivity index (χ1v) is 28.8. The lowest BCUT2D eigenvalue weighted by Crippen LogP contribution is -2.63. The number of fused-ring (bicyclic) bond motifs is 5. The summed E-state index contributed by atoms with van der Waals surface area (Å²) in [6.45, 7) is 7.83. The molecule has 4 aliphatic rings. The summed E-state index contributed by atoms with van der Waals surface area (Å²) in [7, 11) is 5.89. The van der Waals surface area contributed by atoms with E-state index in [1.807, 2.05) is 13.0 Å². The van der Waals surface area contributed by atoms with Crippen molar-refractivity contribution in [2.24, 2.45) is 17.8 Å². The van der Waals surface area contributed by atoms with E-state index < -0.39 is 71.6 Å². The molecule has 2 saturated heterocycles. The van der Waals surface area contributed by atoms with Crippen LogP contribution in [0.1, 0.15) is 111 Å². The number of alkyl carbamates (subject to hydrolysis) is 1. The maximum Gasteiger partial charge on any atom is 0.409 e. The minimum Gasteiger partial charge on any atom is -0.495 e. The second kappa shape index (κ2) is 29.1. The van der Waals surface area contributed by atoms with Gasteiger partial charge in [0.15, 0.2) is 18.3 Å². The van der Waals surface area contributed by atoms with Gasteiger partial charge in [-0.3, -0.25) is 38.9 Å². The summed E-state index contributed by atoms with van der Waals surface area (Å²) in [4.78, 5) is 118. The normalized spacial score (nSPS) is 27.1. The lowest BCUT2D eigenvalue weighted by Gasteiger charge is -2.42. The number of carbonyl (C=O) groups excluding carboxylic acids is 9. The first-order chi connectivity index (χ1) is 38.5. The fourth-order valence-corrected chi connectivity index (χ4v) is 11.6. The molecule has 442 valence electrons. The van der Waals surface area contributed by atoms with Gasteiger partial charge < -0.3 is 54.5 Å². The Kier molecular flexibility index (Phi) is 22.9. The van der Waals surface area contributed by atoms with Crippen molar-refractivity contribution < 1.29 is 71.9 Å². The van der Waals surface area contributed by atoms with E-state index in [0.29, 0.717) is 67.4 Å². The highest BCUT2D eigenvalue weighted by molar-refractivity contribution is 7.99. The van der Waals surface area contributed by atoms with Gasteiger partial charge >= 0.3 is 12.1 Å². The zero-order valence-electron chi connectivity index (χ0n) is 47.3. The number of halogens is 1. The second-order valence-electron chi connectivity index (χ2n) is 21.6. The quantitative estimate of drug-likeness (QED) is 0.0473. The SMILES string of the molecule is COc1cc2cc(c1Cl)N(C)C(=O)C[C@H](OC(=O)[C@H](C)N(C)C(=O)CCSCC(=O)NCCNC(=O)C1CCC(CNC(=O)CCc3ccc(C=O)c(C=O)c3)CC1)C1(C)OC1C(C)C1CC(O)(NC(=O)O1)C(OC)/C=C/C=C(\C)C2. The number of ether oxygens (including phenoxy) is 5.